The molecule has 10 nitrogen and oxygen atoms in total. The van der Waals surface area contributed by atoms with Gasteiger partial charge in [0, 0.05) is 54.6 Å². The van der Waals surface area contributed by atoms with Crippen molar-refractivity contribution in [2.75, 3.05) is 23.5 Å². The fraction of sp³-hybridized carbons (Fsp3) is 0.205. The van der Waals surface area contributed by atoms with Gasteiger partial charge in [0.1, 0.15) is 19.8 Å². The van der Waals surface area contributed by atoms with Gasteiger partial charge >= 0.3 is 23.9 Å². The first kappa shape index (κ1) is 67.1. The van der Waals surface area contributed by atoms with Gasteiger partial charge in [0.2, 0.25) is 0 Å². The third-order valence-corrected chi connectivity index (χ3v) is 14.9. The standard InChI is InChI=1S/C78H82N2O8/c1-12-56(5)18-19-57(6)53-86-78(84)49-39-69-36-44-73(51-59(69)8)79(50-16-17-62(13-2)32-46-76(82)87-54-66-26-22-63(14-3)23-27-66)71-42-34-68(35-43-71)58(7)20-21-61(10)80(74-45-37-70(60(9)52-74)38-48-75(81)85-11)72-40-30-65(31-41-72)33-47-77(83)88-55-67-28-24-64(15-4)25-29-67/h12-31,34-37,40,42-45,50-52,72H,1-7,10,32-33,38-39,41,46-49,53-55H2,8-9,11H3/b19-18-,21-20-,50-16+,62-17+. The molecular weight excluding hydrogens is 1090 g/mol. The van der Waals surface area contributed by atoms with E-state index in [0.717, 1.165) is 95.1 Å². The van der Waals surface area contributed by atoms with Crippen LogP contribution in [0, 0.1) is 13.8 Å². The molecule has 452 valence electrons. The van der Waals surface area contributed by atoms with Gasteiger partial charge in [-0.15, -0.1) is 0 Å². The van der Waals surface area contributed by atoms with Gasteiger partial charge in [-0.3, -0.25) is 19.2 Å². The molecule has 10 heteroatoms. The minimum atomic E-state index is -0.320. The van der Waals surface area contributed by atoms with E-state index in [1.165, 1.54) is 7.11 Å². The zero-order chi connectivity index (χ0) is 63.4. The molecule has 0 bridgehead atoms. The summed E-state index contributed by atoms with van der Waals surface area (Å²) in [4.78, 5) is 54.8. The van der Waals surface area contributed by atoms with Crippen LogP contribution in [0.5, 0.6) is 0 Å². The molecule has 6 rings (SSSR count). The second kappa shape index (κ2) is 34.8. The zero-order valence-corrected chi connectivity index (χ0v) is 51.4. The highest BCUT2D eigenvalue weighted by Crippen LogP contribution is 2.33. The number of aryl methyl sites for hydroxylation is 4. The van der Waals surface area contributed by atoms with E-state index in [-0.39, 0.29) is 75.4 Å². The average Bonchev–Trinajstić information content (AvgIpc) is 3.75. The summed E-state index contributed by atoms with van der Waals surface area (Å²) in [6.07, 6.45) is 30.3. The van der Waals surface area contributed by atoms with Gasteiger partial charge in [0.05, 0.1) is 13.2 Å². The van der Waals surface area contributed by atoms with Gasteiger partial charge in [-0.05, 0) is 167 Å². The third-order valence-electron chi connectivity index (χ3n) is 14.9. The van der Waals surface area contributed by atoms with Crippen LogP contribution < -0.4 is 9.80 Å². The van der Waals surface area contributed by atoms with Crippen LogP contribution >= 0.6 is 0 Å². The van der Waals surface area contributed by atoms with Crippen molar-refractivity contribution in [3.05, 3.63) is 313 Å². The van der Waals surface area contributed by atoms with Crippen molar-refractivity contribution < 1.29 is 38.1 Å². The molecule has 1 aliphatic carbocycles. The monoisotopic (exact) mass is 1170 g/mol. The summed E-state index contributed by atoms with van der Waals surface area (Å²) in [5.41, 5.74) is 16.4. The number of benzene rings is 5. The second-order valence-corrected chi connectivity index (χ2v) is 21.3. The molecular formula is C78H82N2O8. The number of hydrogen-bond donors (Lipinski definition) is 0. The Kier molecular flexibility index (Phi) is 26.5. The van der Waals surface area contributed by atoms with E-state index in [0.29, 0.717) is 37.7 Å². The fourth-order valence-corrected chi connectivity index (χ4v) is 9.48. The van der Waals surface area contributed by atoms with Crippen molar-refractivity contribution in [1.29, 1.82) is 0 Å². The maximum absolute atomic E-state index is 12.8. The Balaban J connectivity index is 1.18. The summed E-state index contributed by atoms with van der Waals surface area (Å²) >= 11 is 0. The van der Waals surface area contributed by atoms with E-state index in [2.05, 4.69) is 105 Å². The molecule has 0 saturated carbocycles. The molecule has 0 fully saturated rings. The molecule has 0 spiro atoms. The molecule has 0 radical (unpaired) electrons. The predicted octanol–water partition coefficient (Wildman–Crippen LogP) is 17.7. The summed E-state index contributed by atoms with van der Waals surface area (Å²) in [5.74, 6) is -1.14. The lowest BCUT2D eigenvalue weighted by Crippen LogP contribution is -2.33. The molecule has 5 aromatic carbocycles. The number of methoxy groups -OCH3 is 1. The van der Waals surface area contributed by atoms with Gasteiger partial charge in [-0.1, -0.05) is 198 Å². The van der Waals surface area contributed by atoms with Gasteiger partial charge in [0.25, 0.3) is 0 Å². The van der Waals surface area contributed by atoms with Crippen molar-refractivity contribution in [2.24, 2.45) is 0 Å². The molecule has 0 amide bonds. The Bertz CT molecular complexity index is 3560. The number of anilines is 3. The lowest BCUT2D eigenvalue weighted by Gasteiger charge is -2.34. The quantitative estimate of drug-likeness (QED) is 0.0224. The molecule has 0 saturated heterocycles. The van der Waals surface area contributed by atoms with Crippen molar-refractivity contribution in [3.63, 3.8) is 0 Å². The molecule has 1 atom stereocenters. The Hall–Kier alpha value is -10.1. The van der Waals surface area contributed by atoms with Gasteiger partial charge in [0.15, 0.2) is 0 Å². The number of nitrogens with zero attached hydrogens (tertiary/aromatic N) is 2. The smallest absolute Gasteiger partial charge is 0.306 e. The number of carbonyl (C=O) groups excluding carboxylic acids is 4. The number of allylic oxidation sites excluding steroid dienone is 12. The van der Waals surface area contributed by atoms with Crippen LogP contribution in [0.1, 0.15) is 95.0 Å². The average molecular weight is 1180 g/mol. The summed E-state index contributed by atoms with van der Waals surface area (Å²) < 4.78 is 21.6. The first-order valence-electron chi connectivity index (χ1n) is 29.4. The summed E-state index contributed by atoms with van der Waals surface area (Å²) in [6.45, 7) is 36.8. The Morgan fingerprint density at radius 3 is 1.69 bits per heavy atom. The van der Waals surface area contributed by atoms with Crippen molar-refractivity contribution in [2.45, 2.75) is 90.9 Å². The van der Waals surface area contributed by atoms with E-state index in [9.17, 15) is 19.2 Å². The van der Waals surface area contributed by atoms with Crippen LogP contribution in [0.2, 0.25) is 0 Å². The Morgan fingerprint density at radius 1 is 0.580 bits per heavy atom. The zero-order valence-electron chi connectivity index (χ0n) is 51.4. The molecule has 0 N–H and O–H groups in total. The number of rotatable bonds is 34. The van der Waals surface area contributed by atoms with E-state index in [1.807, 2.05) is 129 Å². The molecule has 88 heavy (non-hydrogen) atoms. The van der Waals surface area contributed by atoms with Crippen molar-refractivity contribution in [3.8, 4) is 0 Å². The highest BCUT2D eigenvalue weighted by molar-refractivity contribution is 5.77. The van der Waals surface area contributed by atoms with Gasteiger partial charge in [-0.2, -0.15) is 0 Å². The van der Waals surface area contributed by atoms with E-state index in [1.54, 1.807) is 36.5 Å². The fourth-order valence-electron chi connectivity index (χ4n) is 9.48. The summed E-state index contributed by atoms with van der Waals surface area (Å²) in [7, 11) is 1.40. The molecule has 1 aliphatic rings. The number of hydrogen-bond acceptors (Lipinski definition) is 10. The highest BCUT2D eigenvalue weighted by atomic mass is 16.5. The van der Waals surface area contributed by atoms with Crippen LogP contribution in [-0.2, 0) is 64.2 Å². The van der Waals surface area contributed by atoms with E-state index >= 15 is 0 Å². The number of esters is 4. The predicted molar refractivity (Wildman–Crippen MR) is 362 cm³/mol. The van der Waals surface area contributed by atoms with Crippen molar-refractivity contribution >= 4 is 58.7 Å². The van der Waals surface area contributed by atoms with Gasteiger partial charge < -0.3 is 28.7 Å². The lowest BCUT2D eigenvalue weighted by molar-refractivity contribution is -0.145. The maximum atomic E-state index is 12.8. The first-order chi connectivity index (χ1) is 42.5. The molecule has 0 aliphatic heterocycles. The highest BCUT2D eigenvalue weighted by Gasteiger charge is 2.22. The van der Waals surface area contributed by atoms with E-state index in [4.69, 9.17) is 18.9 Å². The number of ether oxygens (including phenoxy) is 4. The van der Waals surface area contributed by atoms with E-state index < -0.39 is 0 Å². The van der Waals surface area contributed by atoms with Crippen LogP contribution in [0.25, 0.3) is 17.7 Å². The Labute approximate surface area is 521 Å². The number of carbonyl (C=O) groups is 4. The normalized spacial score (nSPS) is 12.9. The Morgan fingerprint density at radius 2 is 1.14 bits per heavy atom. The van der Waals surface area contributed by atoms with Crippen molar-refractivity contribution in [1.82, 2.24) is 0 Å². The van der Waals surface area contributed by atoms with Crippen LogP contribution in [0.4, 0.5) is 17.1 Å². The lowest BCUT2D eigenvalue weighted by atomic mass is 9.96. The second-order valence-electron chi connectivity index (χ2n) is 21.3. The molecule has 1 unspecified atom stereocenters. The third kappa shape index (κ3) is 21.5. The molecule has 0 heterocycles. The largest absolute Gasteiger partial charge is 0.469 e. The molecule has 0 aromatic heterocycles. The summed E-state index contributed by atoms with van der Waals surface area (Å²) in [5, 5.41) is 0. The maximum Gasteiger partial charge on any atom is 0.306 e. The minimum Gasteiger partial charge on any atom is -0.469 e. The van der Waals surface area contributed by atoms with Gasteiger partial charge in [-0.25, -0.2) is 0 Å². The topological polar surface area (TPSA) is 112 Å². The van der Waals surface area contributed by atoms with Crippen LogP contribution in [0.3, 0.4) is 0 Å². The first-order valence-corrected chi connectivity index (χ1v) is 29.4. The molecule has 5 aromatic rings. The van der Waals surface area contributed by atoms with Crippen LogP contribution in [0.15, 0.2) is 263 Å². The van der Waals surface area contributed by atoms with Crippen LogP contribution in [-0.4, -0.2) is 43.6 Å². The minimum absolute atomic E-state index is 0.0837. The summed E-state index contributed by atoms with van der Waals surface area (Å²) in [6, 6.07) is 35.9. The SMILES string of the molecule is C=CC(=C)/C=C\C(=C)COC(=O)CCc1ccc(N(/C=C/C=C(\C=C)CCC(=O)OCc2ccc(C=C)cc2)c2ccc(C(=C)/C=C\C(=C)N(c3ccc(CCC(=O)OC)c(C)c3)C3C=CC(CCC(=O)OCc4ccc(C=C)cc4)=CC3)cc2)cc1C.